The molecule has 1 aromatic heterocycles. The zero-order chi connectivity index (χ0) is 18.0. The van der Waals surface area contributed by atoms with Crippen molar-refractivity contribution in [1.29, 1.82) is 0 Å². The molecular weight excluding hydrogens is 496 g/mol. The minimum Gasteiger partial charge on any atom is -0.289 e. The van der Waals surface area contributed by atoms with Gasteiger partial charge in [0.05, 0.1) is 0 Å². The Balaban J connectivity index is 1.97. The van der Waals surface area contributed by atoms with Crippen LogP contribution in [0.3, 0.4) is 0 Å². The van der Waals surface area contributed by atoms with Crippen molar-refractivity contribution < 1.29 is 0 Å². The first-order valence-electron chi connectivity index (χ1n) is 7.89. The van der Waals surface area contributed by atoms with Crippen LogP contribution >= 0.6 is 54.8 Å². The Hall–Kier alpha value is -1.46. The normalized spacial score (nSPS) is 11.8. The highest BCUT2D eigenvalue weighted by Gasteiger charge is 2.10. The van der Waals surface area contributed by atoms with Gasteiger partial charge in [-0.3, -0.25) is 4.79 Å². The molecule has 1 heterocycles. The van der Waals surface area contributed by atoms with Gasteiger partial charge in [0, 0.05) is 34.1 Å². The van der Waals surface area contributed by atoms with E-state index >= 15 is 0 Å². The Bertz CT molecular complexity index is 1440. The number of rotatable bonds is 0. The predicted octanol–water partition coefficient (Wildman–Crippen LogP) is 7.90. The maximum atomic E-state index is 13.0. The van der Waals surface area contributed by atoms with Gasteiger partial charge < -0.3 is 0 Å². The molecule has 0 spiro atoms. The smallest absolute Gasteiger partial charge is 0.195 e. The summed E-state index contributed by atoms with van der Waals surface area (Å²) >= 11 is 15.0. The van der Waals surface area contributed by atoms with Crippen LogP contribution in [0, 0.1) is 0 Å². The number of halogens is 3. The van der Waals surface area contributed by atoms with Crippen molar-refractivity contribution in [2.75, 3.05) is 0 Å². The molecular formula is C21H9Br2ClOS. The van der Waals surface area contributed by atoms with Gasteiger partial charge in [-0.05, 0) is 76.1 Å². The minimum atomic E-state index is 0.0338. The van der Waals surface area contributed by atoms with Crippen LogP contribution in [-0.2, 0) is 0 Å². The molecule has 0 fully saturated rings. The molecule has 0 aliphatic heterocycles. The zero-order valence-corrected chi connectivity index (χ0v) is 17.9. The third-order valence-electron chi connectivity index (χ3n) is 4.62. The van der Waals surface area contributed by atoms with Gasteiger partial charge in [0.1, 0.15) is 0 Å². The van der Waals surface area contributed by atoms with E-state index in [-0.39, 0.29) is 5.43 Å². The molecule has 0 aliphatic carbocycles. The average molecular weight is 505 g/mol. The highest BCUT2D eigenvalue weighted by Crippen LogP contribution is 2.36. The molecule has 5 rings (SSSR count). The molecule has 0 bridgehead atoms. The van der Waals surface area contributed by atoms with Crippen LogP contribution in [0.25, 0.3) is 41.7 Å². The van der Waals surface area contributed by atoms with E-state index in [2.05, 4.69) is 50.1 Å². The monoisotopic (exact) mass is 502 g/mol. The third-order valence-corrected chi connectivity index (χ3v) is 7.37. The highest BCUT2D eigenvalue weighted by molar-refractivity contribution is 9.11. The highest BCUT2D eigenvalue weighted by atomic mass is 79.9. The molecule has 0 atom stereocenters. The Morgan fingerprint density at radius 3 is 1.96 bits per heavy atom. The lowest BCUT2D eigenvalue weighted by Gasteiger charge is -2.08. The first-order valence-corrected chi connectivity index (χ1v) is 10.7. The van der Waals surface area contributed by atoms with Crippen LogP contribution in [0.4, 0.5) is 0 Å². The summed E-state index contributed by atoms with van der Waals surface area (Å²) in [6, 6.07) is 18.0. The van der Waals surface area contributed by atoms with Crippen molar-refractivity contribution in [2.24, 2.45) is 0 Å². The summed E-state index contributed by atoms with van der Waals surface area (Å²) in [5, 5.41) is 6.43. The van der Waals surface area contributed by atoms with Crippen LogP contribution in [0.1, 0.15) is 0 Å². The molecule has 0 radical (unpaired) electrons. The van der Waals surface area contributed by atoms with Crippen molar-refractivity contribution >= 4 is 96.5 Å². The minimum absolute atomic E-state index is 0.0338. The van der Waals surface area contributed by atoms with Crippen molar-refractivity contribution in [1.82, 2.24) is 0 Å². The molecule has 26 heavy (non-hydrogen) atoms. The van der Waals surface area contributed by atoms with Crippen molar-refractivity contribution in [3.63, 3.8) is 0 Å². The number of hydrogen-bond acceptors (Lipinski definition) is 2. The summed E-state index contributed by atoms with van der Waals surface area (Å²) in [6.45, 7) is 0. The molecule has 0 N–H and O–H groups in total. The lowest BCUT2D eigenvalue weighted by Crippen LogP contribution is -2.00. The van der Waals surface area contributed by atoms with Gasteiger partial charge in [-0.15, -0.1) is 11.3 Å². The average Bonchev–Trinajstić information content (AvgIpc) is 2.63. The summed E-state index contributed by atoms with van der Waals surface area (Å²) in [6.07, 6.45) is 0. The lowest BCUT2D eigenvalue weighted by molar-refractivity contribution is 1.70. The second kappa shape index (κ2) is 6.03. The van der Waals surface area contributed by atoms with Gasteiger partial charge in [0.25, 0.3) is 0 Å². The Labute approximate surface area is 174 Å². The van der Waals surface area contributed by atoms with E-state index in [4.69, 9.17) is 11.6 Å². The molecule has 5 aromatic rings. The SMILES string of the molecule is O=c1c2cc(Cl)ccc2sc2cc3cc4c(Br)ccc(Br)c4cc3cc12. The summed E-state index contributed by atoms with van der Waals surface area (Å²) < 4.78 is 4.03. The maximum Gasteiger partial charge on any atom is 0.195 e. The van der Waals surface area contributed by atoms with Crippen LogP contribution < -0.4 is 5.43 Å². The van der Waals surface area contributed by atoms with E-state index in [1.165, 1.54) is 0 Å². The fraction of sp³-hybridized carbons (Fsp3) is 0. The van der Waals surface area contributed by atoms with E-state index in [0.29, 0.717) is 10.4 Å². The largest absolute Gasteiger partial charge is 0.289 e. The molecule has 5 heteroatoms. The van der Waals surface area contributed by atoms with Gasteiger partial charge in [-0.25, -0.2) is 0 Å². The van der Waals surface area contributed by atoms with Crippen molar-refractivity contribution in [3.8, 4) is 0 Å². The lowest BCUT2D eigenvalue weighted by atomic mass is 10.0. The van der Waals surface area contributed by atoms with E-state index in [9.17, 15) is 4.79 Å². The van der Waals surface area contributed by atoms with Crippen LogP contribution in [0.2, 0.25) is 5.02 Å². The first-order chi connectivity index (χ1) is 12.5. The summed E-state index contributed by atoms with van der Waals surface area (Å²) in [4.78, 5) is 13.0. The van der Waals surface area contributed by atoms with Crippen LogP contribution in [0.5, 0.6) is 0 Å². The topological polar surface area (TPSA) is 17.1 Å². The van der Waals surface area contributed by atoms with E-state index < -0.39 is 0 Å². The number of benzene rings is 4. The standard InChI is InChI=1S/C21H9Br2ClOS/c22-17-2-3-18(23)14-6-11-8-20-15(7-10(11)5-13(14)17)21(25)16-9-12(24)1-4-19(16)26-20/h1-9H. The predicted molar refractivity (Wildman–Crippen MR) is 121 cm³/mol. The van der Waals surface area contributed by atoms with Gasteiger partial charge >= 0.3 is 0 Å². The molecule has 0 amide bonds. The summed E-state index contributed by atoms with van der Waals surface area (Å²) in [7, 11) is 0. The summed E-state index contributed by atoms with van der Waals surface area (Å²) in [5.41, 5.74) is 0.0338. The van der Waals surface area contributed by atoms with E-state index in [0.717, 1.165) is 45.3 Å². The van der Waals surface area contributed by atoms with Crippen molar-refractivity contribution in [2.45, 2.75) is 0 Å². The van der Waals surface area contributed by atoms with Crippen LogP contribution in [-0.4, -0.2) is 0 Å². The number of hydrogen-bond donors (Lipinski definition) is 0. The molecule has 0 saturated heterocycles. The van der Waals surface area contributed by atoms with Gasteiger partial charge in [-0.1, -0.05) is 43.5 Å². The van der Waals surface area contributed by atoms with Gasteiger partial charge in [0.15, 0.2) is 5.43 Å². The van der Waals surface area contributed by atoms with Gasteiger partial charge in [-0.2, -0.15) is 0 Å². The van der Waals surface area contributed by atoms with Crippen LogP contribution in [0.15, 0.2) is 68.3 Å². The molecule has 0 aliphatic rings. The van der Waals surface area contributed by atoms with E-state index in [1.54, 1.807) is 17.4 Å². The zero-order valence-electron chi connectivity index (χ0n) is 13.1. The quantitative estimate of drug-likeness (QED) is 0.196. The molecule has 0 saturated carbocycles. The van der Waals surface area contributed by atoms with Crippen molar-refractivity contribution in [3.05, 3.63) is 78.8 Å². The molecule has 126 valence electrons. The summed E-state index contributed by atoms with van der Waals surface area (Å²) in [5.74, 6) is 0. The molecule has 1 nitrogen and oxygen atoms in total. The fourth-order valence-corrected chi connectivity index (χ4v) is 5.52. The number of fused-ring (bicyclic) bond motifs is 4. The first kappa shape index (κ1) is 16.7. The molecule has 4 aromatic carbocycles. The maximum absolute atomic E-state index is 13.0. The fourth-order valence-electron chi connectivity index (χ4n) is 3.34. The van der Waals surface area contributed by atoms with Gasteiger partial charge in [0.2, 0.25) is 0 Å². The second-order valence-corrected chi connectivity index (χ2v) is 9.42. The Kier molecular flexibility index (Phi) is 3.87. The Morgan fingerprint density at radius 1 is 0.692 bits per heavy atom. The van der Waals surface area contributed by atoms with E-state index in [1.807, 2.05) is 30.3 Å². The molecule has 0 unspecified atom stereocenters. The third kappa shape index (κ3) is 2.51. The second-order valence-electron chi connectivity index (χ2n) is 6.19. The Morgan fingerprint density at radius 2 is 1.27 bits per heavy atom.